The second-order valence-electron chi connectivity index (χ2n) is 5.08. The Bertz CT molecular complexity index is 476. The molecular weight excluding hydrogens is 274 g/mol. The van der Waals surface area contributed by atoms with E-state index in [1.807, 2.05) is 19.9 Å². The predicted molar refractivity (Wildman–Crippen MR) is 82.0 cm³/mol. The van der Waals surface area contributed by atoms with Gasteiger partial charge in [0.25, 0.3) is 5.91 Å². The van der Waals surface area contributed by atoms with Gasteiger partial charge in [0.1, 0.15) is 0 Å². The normalized spacial score (nSPS) is 15.4. The molecule has 112 valence electrons. The molecule has 1 amide bonds. The summed E-state index contributed by atoms with van der Waals surface area (Å²) in [6.07, 6.45) is 1.97. The lowest BCUT2D eigenvalue weighted by Gasteiger charge is -2.17. The van der Waals surface area contributed by atoms with Crippen molar-refractivity contribution in [3.8, 4) is 0 Å². The molecule has 0 heterocycles. The molecule has 3 atom stereocenters. The van der Waals surface area contributed by atoms with E-state index >= 15 is 0 Å². The van der Waals surface area contributed by atoms with E-state index in [-0.39, 0.29) is 18.4 Å². The maximum atomic E-state index is 12.0. The van der Waals surface area contributed by atoms with E-state index < -0.39 is 16.9 Å². The summed E-state index contributed by atoms with van der Waals surface area (Å²) < 4.78 is 11.2. The molecule has 2 N–H and O–H groups in total. The highest BCUT2D eigenvalue weighted by atomic mass is 32.2. The third-order valence-corrected chi connectivity index (χ3v) is 4.07. The Morgan fingerprint density at radius 1 is 1.45 bits per heavy atom. The molecule has 0 saturated carbocycles. The first-order chi connectivity index (χ1) is 9.43. The average molecular weight is 297 g/mol. The van der Waals surface area contributed by atoms with Gasteiger partial charge in [-0.3, -0.25) is 9.00 Å². The van der Waals surface area contributed by atoms with Crippen molar-refractivity contribution < 1.29 is 14.1 Å². The van der Waals surface area contributed by atoms with Gasteiger partial charge in [-0.2, -0.15) is 0 Å². The zero-order valence-corrected chi connectivity index (χ0v) is 13.1. The van der Waals surface area contributed by atoms with E-state index in [2.05, 4.69) is 5.32 Å². The van der Waals surface area contributed by atoms with Crippen LogP contribution < -0.4 is 5.32 Å². The van der Waals surface area contributed by atoms with Gasteiger partial charge in [0.05, 0.1) is 6.10 Å². The number of benzene rings is 1. The predicted octanol–water partition coefficient (Wildman–Crippen LogP) is 1.70. The van der Waals surface area contributed by atoms with Crippen molar-refractivity contribution in [2.24, 2.45) is 5.92 Å². The lowest BCUT2D eigenvalue weighted by Crippen LogP contribution is -2.35. The van der Waals surface area contributed by atoms with Gasteiger partial charge in [-0.05, 0) is 23.6 Å². The van der Waals surface area contributed by atoms with Gasteiger partial charge in [0.2, 0.25) is 0 Å². The number of amides is 1. The Hall–Kier alpha value is -1.20. The molecule has 0 aliphatic carbocycles. The highest BCUT2D eigenvalue weighted by Gasteiger charge is 2.14. The van der Waals surface area contributed by atoms with Crippen LogP contribution in [0.5, 0.6) is 0 Å². The molecule has 1 rings (SSSR count). The first-order valence-electron chi connectivity index (χ1n) is 6.79. The van der Waals surface area contributed by atoms with Crippen molar-refractivity contribution >= 4 is 16.7 Å². The zero-order valence-electron chi connectivity index (χ0n) is 12.3. The van der Waals surface area contributed by atoms with Crippen LogP contribution in [0.4, 0.5) is 0 Å². The van der Waals surface area contributed by atoms with Gasteiger partial charge in [0, 0.05) is 34.9 Å². The number of carbonyl (C=O) groups is 1. The second kappa shape index (κ2) is 8.17. The standard InChI is InChI=1S/C15H23NO3S/c1-4-11(2)14(17)9-16-15(18)13-7-5-6-12(8-13)10-20(3)19/h5-8,11,14,17H,4,9-10H2,1-3H3,(H,16,18). The minimum Gasteiger partial charge on any atom is -0.391 e. The van der Waals surface area contributed by atoms with Crippen LogP contribution in [-0.2, 0) is 16.6 Å². The van der Waals surface area contributed by atoms with E-state index in [9.17, 15) is 14.1 Å². The van der Waals surface area contributed by atoms with Crippen LogP contribution in [0.2, 0.25) is 0 Å². The maximum absolute atomic E-state index is 12.0. The third kappa shape index (κ3) is 5.43. The molecule has 0 saturated heterocycles. The van der Waals surface area contributed by atoms with Crippen LogP contribution >= 0.6 is 0 Å². The Labute approximate surface area is 123 Å². The number of hydrogen-bond donors (Lipinski definition) is 2. The number of aliphatic hydroxyl groups is 1. The molecule has 5 heteroatoms. The summed E-state index contributed by atoms with van der Waals surface area (Å²) in [7, 11) is -0.928. The smallest absolute Gasteiger partial charge is 0.251 e. The quantitative estimate of drug-likeness (QED) is 0.805. The summed E-state index contributed by atoms with van der Waals surface area (Å²) >= 11 is 0. The minimum atomic E-state index is -0.928. The fourth-order valence-corrected chi connectivity index (χ4v) is 2.46. The Balaban J connectivity index is 2.61. The van der Waals surface area contributed by atoms with Gasteiger partial charge < -0.3 is 10.4 Å². The van der Waals surface area contributed by atoms with Gasteiger partial charge in [-0.25, -0.2) is 0 Å². The first kappa shape index (κ1) is 16.9. The molecule has 4 nitrogen and oxygen atoms in total. The third-order valence-electron chi connectivity index (χ3n) is 3.33. The van der Waals surface area contributed by atoms with Gasteiger partial charge in [0.15, 0.2) is 0 Å². The van der Waals surface area contributed by atoms with Gasteiger partial charge in [-0.1, -0.05) is 32.4 Å². The van der Waals surface area contributed by atoms with Crippen molar-refractivity contribution in [1.82, 2.24) is 5.32 Å². The lowest BCUT2D eigenvalue weighted by atomic mass is 10.0. The van der Waals surface area contributed by atoms with Crippen molar-refractivity contribution in [2.45, 2.75) is 32.1 Å². The van der Waals surface area contributed by atoms with Crippen molar-refractivity contribution in [3.05, 3.63) is 35.4 Å². The van der Waals surface area contributed by atoms with Crippen molar-refractivity contribution in [3.63, 3.8) is 0 Å². The topological polar surface area (TPSA) is 66.4 Å². The SMILES string of the molecule is CCC(C)C(O)CNC(=O)c1cccc(CS(C)=O)c1. The Morgan fingerprint density at radius 3 is 2.75 bits per heavy atom. The molecule has 1 aromatic carbocycles. The molecule has 1 aromatic rings. The Kier molecular flexibility index (Phi) is 6.88. The average Bonchev–Trinajstić information content (AvgIpc) is 2.43. The number of hydrogen-bond acceptors (Lipinski definition) is 3. The van der Waals surface area contributed by atoms with E-state index in [4.69, 9.17) is 0 Å². The van der Waals surface area contributed by atoms with Crippen LogP contribution in [-0.4, -0.2) is 34.1 Å². The largest absolute Gasteiger partial charge is 0.391 e. The van der Waals surface area contributed by atoms with Crippen LogP contribution in [0, 0.1) is 5.92 Å². The molecule has 0 bridgehead atoms. The molecule has 20 heavy (non-hydrogen) atoms. The van der Waals surface area contributed by atoms with Crippen molar-refractivity contribution in [2.75, 3.05) is 12.8 Å². The number of aliphatic hydroxyl groups excluding tert-OH is 1. The number of rotatable bonds is 7. The second-order valence-corrected chi connectivity index (χ2v) is 6.52. The summed E-state index contributed by atoms with van der Waals surface area (Å²) in [6.45, 7) is 4.20. The van der Waals surface area contributed by atoms with Crippen LogP contribution in [0.15, 0.2) is 24.3 Å². The van der Waals surface area contributed by atoms with Crippen molar-refractivity contribution in [1.29, 1.82) is 0 Å². The maximum Gasteiger partial charge on any atom is 0.251 e. The summed E-state index contributed by atoms with van der Waals surface area (Å²) in [5.41, 5.74) is 1.41. The van der Waals surface area contributed by atoms with E-state index in [1.165, 1.54) is 0 Å². The van der Waals surface area contributed by atoms with Crippen LogP contribution in [0.1, 0.15) is 36.2 Å². The van der Waals surface area contributed by atoms with E-state index in [0.29, 0.717) is 11.3 Å². The molecule has 0 aliphatic heterocycles. The molecule has 0 spiro atoms. The Morgan fingerprint density at radius 2 is 2.15 bits per heavy atom. The van der Waals surface area contributed by atoms with Crippen LogP contribution in [0.3, 0.4) is 0 Å². The molecule has 0 aliphatic rings. The molecular formula is C15H23NO3S. The molecule has 3 unspecified atom stereocenters. The number of carbonyl (C=O) groups excluding carboxylic acids is 1. The van der Waals surface area contributed by atoms with Crippen LogP contribution in [0.25, 0.3) is 0 Å². The van der Waals surface area contributed by atoms with Gasteiger partial charge in [-0.15, -0.1) is 0 Å². The lowest BCUT2D eigenvalue weighted by molar-refractivity contribution is 0.0850. The first-order valence-corrected chi connectivity index (χ1v) is 8.52. The summed E-state index contributed by atoms with van der Waals surface area (Å²) in [5.74, 6) is 0.386. The molecule has 0 radical (unpaired) electrons. The zero-order chi connectivity index (χ0) is 15.1. The number of nitrogens with one attached hydrogen (secondary N) is 1. The summed E-state index contributed by atoms with van der Waals surface area (Å²) in [5, 5.41) is 12.6. The fourth-order valence-electron chi connectivity index (χ4n) is 1.81. The summed E-state index contributed by atoms with van der Waals surface area (Å²) in [4.78, 5) is 12.0. The van der Waals surface area contributed by atoms with E-state index in [0.717, 1.165) is 12.0 Å². The highest BCUT2D eigenvalue weighted by molar-refractivity contribution is 7.83. The highest BCUT2D eigenvalue weighted by Crippen LogP contribution is 2.09. The fraction of sp³-hybridized carbons (Fsp3) is 0.533. The molecule has 0 fully saturated rings. The van der Waals surface area contributed by atoms with E-state index in [1.54, 1.807) is 24.5 Å². The summed E-state index contributed by atoms with van der Waals surface area (Å²) in [6, 6.07) is 7.09. The van der Waals surface area contributed by atoms with Gasteiger partial charge >= 0.3 is 0 Å². The monoisotopic (exact) mass is 297 g/mol. The minimum absolute atomic E-state index is 0.157. The molecule has 0 aromatic heterocycles.